The van der Waals surface area contributed by atoms with Crippen LogP contribution in [0.4, 0.5) is 0 Å². The summed E-state index contributed by atoms with van der Waals surface area (Å²) in [4.78, 5) is 24.9. The zero-order valence-corrected chi connectivity index (χ0v) is 10.6. The van der Waals surface area contributed by atoms with E-state index in [2.05, 4.69) is 10.5 Å². The summed E-state index contributed by atoms with van der Waals surface area (Å²) in [6, 6.07) is 0. The van der Waals surface area contributed by atoms with E-state index in [9.17, 15) is 9.59 Å². The van der Waals surface area contributed by atoms with Crippen LogP contribution < -0.4 is 5.43 Å². The molecule has 6 heteroatoms. The van der Waals surface area contributed by atoms with Crippen LogP contribution in [0.2, 0.25) is 0 Å². The van der Waals surface area contributed by atoms with Gasteiger partial charge in [0.05, 0.1) is 6.10 Å². The minimum absolute atomic E-state index is 0.0898. The third-order valence-electron chi connectivity index (χ3n) is 3.27. The Morgan fingerprint density at radius 2 is 2.39 bits per heavy atom. The highest BCUT2D eigenvalue weighted by Gasteiger charge is 2.26. The molecule has 0 radical (unpaired) electrons. The van der Waals surface area contributed by atoms with Crippen LogP contribution in [0.1, 0.15) is 32.6 Å². The average molecular weight is 253 g/mol. The first kappa shape index (κ1) is 13.0. The Kier molecular flexibility index (Phi) is 4.30. The van der Waals surface area contributed by atoms with Crippen molar-refractivity contribution >= 4 is 17.5 Å². The van der Waals surface area contributed by atoms with Crippen molar-refractivity contribution < 1.29 is 14.3 Å². The Bertz CT molecular complexity index is 362. The number of amides is 2. The van der Waals surface area contributed by atoms with Crippen molar-refractivity contribution in [2.75, 3.05) is 19.7 Å². The maximum atomic E-state index is 12.2. The van der Waals surface area contributed by atoms with Gasteiger partial charge in [0, 0.05) is 32.5 Å². The van der Waals surface area contributed by atoms with E-state index in [4.69, 9.17) is 4.74 Å². The number of likely N-dealkylation sites (N-methyl/N-ethyl adjacent to an activating group) is 1. The lowest BCUT2D eigenvalue weighted by molar-refractivity contribution is -0.125. The molecule has 2 heterocycles. The standard InChI is InChI=1S/C12H19N3O3/c1-2-15(8-9-4-3-7-18-9)12(17)10-5-6-11(16)14-13-10/h9H,2-8H2,1H3,(H,14,16). The number of nitrogens with one attached hydrogen (secondary N) is 1. The van der Waals surface area contributed by atoms with Gasteiger partial charge in [-0.1, -0.05) is 0 Å². The molecule has 6 nitrogen and oxygen atoms in total. The number of carbonyl (C=O) groups excluding carboxylic acids is 2. The maximum absolute atomic E-state index is 12.2. The summed E-state index contributed by atoms with van der Waals surface area (Å²) < 4.78 is 5.54. The van der Waals surface area contributed by atoms with Crippen LogP contribution in [0.5, 0.6) is 0 Å². The maximum Gasteiger partial charge on any atom is 0.270 e. The van der Waals surface area contributed by atoms with Crippen LogP contribution in [0.3, 0.4) is 0 Å². The number of nitrogens with zero attached hydrogens (tertiary/aromatic N) is 2. The smallest absolute Gasteiger partial charge is 0.270 e. The van der Waals surface area contributed by atoms with Crippen molar-refractivity contribution in [3.63, 3.8) is 0 Å². The second kappa shape index (κ2) is 5.95. The van der Waals surface area contributed by atoms with Gasteiger partial charge in [-0.15, -0.1) is 0 Å². The molecule has 2 amide bonds. The summed E-state index contributed by atoms with van der Waals surface area (Å²) in [5, 5.41) is 3.84. The van der Waals surface area contributed by atoms with E-state index in [-0.39, 0.29) is 17.9 Å². The minimum atomic E-state index is -0.131. The van der Waals surface area contributed by atoms with E-state index in [1.54, 1.807) is 4.90 Å². The lowest BCUT2D eigenvalue weighted by atomic mass is 10.1. The van der Waals surface area contributed by atoms with Crippen molar-refractivity contribution in [3.05, 3.63) is 0 Å². The molecule has 0 saturated carbocycles. The van der Waals surface area contributed by atoms with Crippen molar-refractivity contribution in [3.8, 4) is 0 Å². The fraction of sp³-hybridized carbons (Fsp3) is 0.750. The largest absolute Gasteiger partial charge is 0.376 e. The van der Waals surface area contributed by atoms with Crippen LogP contribution in [-0.4, -0.2) is 48.2 Å². The van der Waals surface area contributed by atoms with Gasteiger partial charge in [-0.25, -0.2) is 5.43 Å². The Hall–Kier alpha value is -1.43. The molecule has 0 aromatic carbocycles. The Morgan fingerprint density at radius 1 is 1.56 bits per heavy atom. The highest BCUT2D eigenvalue weighted by Crippen LogP contribution is 2.14. The van der Waals surface area contributed by atoms with Crippen LogP contribution in [0.15, 0.2) is 5.10 Å². The molecule has 1 atom stereocenters. The molecule has 0 aliphatic carbocycles. The van der Waals surface area contributed by atoms with Gasteiger partial charge in [0.2, 0.25) is 5.91 Å². The van der Waals surface area contributed by atoms with Crippen molar-refractivity contribution in [2.24, 2.45) is 5.10 Å². The minimum Gasteiger partial charge on any atom is -0.376 e. The first-order chi connectivity index (χ1) is 8.70. The van der Waals surface area contributed by atoms with E-state index in [0.29, 0.717) is 31.6 Å². The Balaban J connectivity index is 1.94. The molecule has 1 saturated heterocycles. The highest BCUT2D eigenvalue weighted by molar-refractivity contribution is 6.39. The molecule has 2 aliphatic heterocycles. The monoisotopic (exact) mass is 253 g/mol. The van der Waals surface area contributed by atoms with Gasteiger partial charge in [-0.05, 0) is 19.8 Å². The van der Waals surface area contributed by atoms with E-state index >= 15 is 0 Å². The fourth-order valence-electron chi connectivity index (χ4n) is 2.20. The second-order valence-electron chi connectivity index (χ2n) is 4.57. The molecule has 1 unspecified atom stereocenters. The molecule has 1 fully saturated rings. The van der Waals surface area contributed by atoms with Gasteiger partial charge in [0.1, 0.15) is 5.71 Å². The van der Waals surface area contributed by atoms with E-state index in [0.717, 1.165) is 19.4 Å². The number of hydrogen-bond donors (Lipinski definition) is 1. The molecular weight excluding hydrogens is 234 g/mol. The normalized spacial score (nSPS) is 23.5. The second-order valence-corrected chi connectivity index (χ2v) is 4.57. The molecule has 0 bridgehead atoms. The molecule has 2 rings (SSSR count). The van der Waals surface area contributed by atoms with Gasteiger partial charge in [-0.3, -0.25) is 9.59 Å². The quantitative estimate of drug-likeness (QED) is 0.782. The van der Waals surface area contributed by atoms with Gasteiger partial charge < -0.3 is 9.64 Å². The molecule has 0 aromatic heterocycles. The average Bonchev–Trinajstić information content (AvgIpc) is 2.89. The zero-order valence-electron chi connectivity index (χ0n) is 10.6. The Morgan fingerprint density at radius 3 is 2.94 bits per heavy atom. The first-order valence-corrected chi connectivity index (χ1v) is 6.47. The predicted octanol–water partition coefficient (Wildman–Crippen LogP) is 0.280. The topological polar surface area (TPSA) is 71.0 Å². The van der Waals surface area contributed by atoms with E-state index in [1.807, 2.05) is 6.92 Å². The zero-order chi connectivity index (χ0) is 13.0. The molecule has 18 heavy (non-hydrogen) atoms. The lowest BCUT2D eigenvalue weighted by Crippen LogP contribution is -2.43. The van der Waals surface area contributed by atoms with Crippen LogP contribution in [-0.2, 0) is 14.3 Å². The molecule has 2 aliphatic rings. The number of rotatable bonds is 4. The van der Waals surface area contributed by atoms with Gasteiger partial charge in [0.15, 0.2) is 0 Å². The van der Waals surface area contributed by atoms with Crippen LogP contribution >= 0.6 is 0 Å². The SMILES string of the molecule is CCN(CC1CCCO1)C(=O)C1=NNC(=O)CC1. The van der Waals surface area contributed by atoms with Gasteiger partial charge in [0.25, 0.3) is 5.91 Å². The molecular formula is C12H19N3O3. The summed E-state index contributed by atoms with van der Waals surface area (Å²) in [6.07, 6.45) is 2.97. The number of ether oxygens (including phenoxy) is 1. The van der Waals surface area contributed by atoms with E-state index in [1.165, 1.54) is 0 Å². The van der Waals surface area contributed by atoms with Crippen molar-refractivity contribution in [2.45, 2.75) is 38.7 Å². The summed E-state index contributed by atoms with van der Waals surface area (Å²) in [6.45, 7) is 3.97. The summed E-state index contributed by atoms with van der Waals surface area (Å²) in [7, 11) is 0. The lowest BCUT2D eigenvalue weighted by Gasteiger charge is -2.25. The summed E-state index contributed by atoms with van der Waals surface area (Å²) in [5.41, 5.74) is 2.80. The number of hydrazone groups is 1. The Labute approximate surface area is 106 Å². The molecule has 0 spiro atoms. The fourth-order valence-corrected chi connectivity index (χ4v) is 2.20. The molecule has 0 aromatic rings. The van der Waals surface area contributed by atoms with Gasteiger partial charge >= 0.3 is 0 Å². The molecule has 100 valence electrons. The van der Waals surface area contributed by atoms with E-state index < -0.39 is 0 Å². The molecule has 1 N–H and O–H groups in total. The summed E-state index contributed by atoms with van der Waals surface area (Å²) in [5.74, 6) is -0.221. The predicted molar refractivity (Wildman–Crippen MR) is 66.0 cm³/mol. The van der Waals surface area contributed by atoms with Crippen LogP contribution in [0.25, 0.3) is 0 Å². The first-order valence-electron chi connectivity index (χ1n) is 6.47. The number of hydrogen-bond acceptors (Lipinski definition) is 4. The van der Waals surface area contributed by atoms with Gasteiger partial charge in [-0.2, -0.15) is 5.10 Å². The van der Waals surface area contributed by atoms with Crippen LogP contribution in [0, 0.1) is 0 Å². The summed E-state index contributed by atoms with van der Waals surface area (Å²) >= 11 is 0. The third-order valence-corrected chi connectivity index (χ3v) is 3.27. The van der Waals surface area contributed by atoms with Crippen molar-refractivity contribution in [1.29, 1.82) is 0 Å². The van der Waals surface area contributed by atoms with Crippen molar-refractivity contribution in [1.82, 2.24) is 10.3 Å². The third kappa shape index (κ3) is 3.07. The highest BCUT2D eigenvalue weighted by atomic mass is 16.5. The number of carbonyl (C=O) groups is 2.